The van der Waals surface area contributed by atoms with Crippen LogP contribution in [0.15, 0.2) is 41.4 Å². The molecule has 1 aliphatic heterocycles. The molecule has 0 spiro atoms. The molecule has 0 saturated carbocycles. The number of rotatable bonds is 4. The summed E-state index contributed by atoms with van der Waals surface area (Å²) in [5.41, 5.74) is 5.88. The third-order valence-electron chi connectivity index (χ3n) is 4.22. The summed E-state index contributed by atoms with van der Waals surface area (Å²) in [6.07, 6.45) is 0.812. The molecule has 1 unspecified atom stereocenters. The zero-order chi connectivity index (χ0) is 17.1. The van der Waals surface area contributed by atoms with Crippen LogP contribution in [-0.2, 0) is 6.42 Å². The Morgan fingerprint density at radius 1 is 1.12 bits per heavy atom. The second-order valence-electron chi connectivity index (χ2n) is 6.43. The van der Waals surface area contributed by atoms with Gasteiger partial charge in [0.25, 0.3) is 0 Å². The molecule has 0 amide bonds. The van der Waals surface area contributed by atoms with Crippen LogP contribution in [0.3, 0.4) is 0 Å². The number of nitrogens with one attached hydrogen (secondary N) is 1. The molecule has 2 aromatic carbocycles. The number of thioether (sulfide) groups is 1. The van der Waals surface area contributed by atoms with Gasteiger partial charge in [-0.05, 0) is 56.0 Å². The number of aryl methyl sites for hydroxylation is 3. The summed E-state index contributed by atoms with van der Waals surface area (Å²) in [7, 11) is 0. The minimum Gasteiger partial charge on any atom is -0.358 e. The highest BCUT2D eigenvalue weighted by molar-refractivity contribution is 8.14. The fourth-order valence-corrected chi connectivity index (χ4v) is 4.00. The van der Waals surface area contributed by atoms with E-state index in [-0.39, 0.29) is 11.9 Å². The molecule has 4 heteroatoms. The van der Waals surface area contributed by atoms with Crippen molar-refractivity contribution >= 4 is 16.9 Å². The summed E-state index contributed by atoms with van der Waals surface area (Å²) in [4.78, 5) is 4.50. The number of benzene rings is 2. The van der Waals surface area contributed by atoms with Gasteiger partial charge in [0.05, 0.1) is 12.6 Å². The monoisotopic (exact) mass is 342 g/mol. The van der Waals surface area contributed by atoms with Crippen LogP contribution in [0, 0.1) is 26.6 Å². The Hall–Kier alpha value is -1.81. The molecule has 0 bridgehead atoms. The number of hydrogen-bond acceptors (Lipinski definition) is 3. The Morgan fingerprint density at radius 3 is 2.54 bits per heavy atom. The smallest absolute Gasteiger partial charge is 0.157 e. The van der Waals surface area contributed by atoms with Gasteiger partial charge in [-0.3, -0.25) is 4.99 Å². The number of amidine groups is 1. The third-order valence-corrected chi connectivity index (χ3v) is 5.13. The Balaban J connectivity index is 1.93. The summed E-state index contributed by atoms with van der Waals surface area (Å²) in [5, 5.41) is 4.50. The van der Waals surface area contributed by atoms with Crippen molar-refractivity contribution in [3.63, 3.8) is 0 Å². The molecule has 126 valence electrons. The van der Waals surface area contributed by atoms with E-state index in [0.717, 1.165) is 35.0 Å². The largest absolute Gasteiger partial charge is 0.358 e. The van der Waals surface area contributed by atoms with Gasteiger partial charge in [-0.1, -0.05) is 47.2 Å². The average Bonchev–Trinajstić information content (AvgIpc) is 3.01. The summed E-state index contributed by atoms with van der Waals surface area (Å²) in [6, 6.07) is 11.6. The Labute approximate surface area is 147 Å². The number of halogens is 1. The molecular formula is C20H23FN2S. The Bertz CT molecular complexity index is 750. The quantitative estimate of drug-likeness (QED) is 0.869. The molecule has 3 rings (SSSR count). The van der Waals surface area contributed by atoms with E-state index in [1.807, 2.05) is 13.0 Å². The van der Waals surface area contributed by atoms with E-state index in [1.165, 1.54) is 22.8 Å². The molecule has 24 heavy (non-hydrogen) atoms. The van der Waals surface area contributed by atoms with Gasteiger partial charge in [0.1, 0.15) is 5.82 Å². The van der Waals surface area contributed by atoms with E-state index >= 15 is 0 Å². The van der Waals surface area contributed by atoms with E-state index in [4.69, 9.17) is 0 Å². The van der Waals surface area contributed by atoms with Crippen LogP contribution in [-0.4, -0.2) is 17.5 Å². The summed E-state index contributed by atoms with van der Waals surface area (Å²) in [6.45, 7) is 7.12. The normalized spacial score (nSPS) is 15.2. The SMILES string of the molecule is Cc1cc(C)cc(CC(NC2=NCCS2)c2cc(F)ccc2C)c1. The van der Waals surface area contributed by atoms with Crippen LogP contribution >= 0.6 is 11.8 Å². The molecule has 0 saturated heterocycles. The molecule has 0 aromatic heterocycles. The lowest BCUT2D eigenvalue weighted by atomic mass is 9.94. The van der Waals surface area contributed by atoms with Crippen LogP contribution < -0.4 is 5.32 Å². The maximum atomic E-state index is 13.8. The van der Waals surface area contributed by atoms with Crippen LogP contribution in [0.2, 0.25) is 0 Å². The molecule has 0 radical (unpaired) electrons. The van der Waals surface area contributed by atoms with Crippen molar-refractivity contribution in [3.05, 3.63) is 70.0 Å². The van der Waals surface area contributed by atoms with Crippen LogP contribution in [0.4, 0.5) is 4.39 Å². The number of aliphatic imine (C=N–C) groups is 1. The molecule has 1 heterocycles. The standard InChI is InChI=1S/C20H23FN2S/c1-13-8-14(2)10-16(9-13)11-19(23-20-22-6-7-24-20)18-12-17(21)5-4-15(18)3/h4-5,8-10,12,19H,6-7,11H2,1-3H3,(H,22,23). The van der Waals surface area contributed by atoms with Gasteiger partial charge in [0.2, 0.25) is 0 Å². The van der Waals surface area contributed by atoms with E-state index < -0.39 is 0 Å². The van der Waals surface area contributed by atoms with E-state index in [1.54, 1.807) is 17.8 Å². The van der Waals surface area contributed by atoms with Crippen molar-refractivity contribution in [1.29, 1.82) is 0 Å². The second-order valence-corrected chi connectivity index (χ2v) is 7.52. The van der Waals surface area contributed by atoms with E-state index in [9.17, 15) is 4.39 Å². The van der Waals surface area contributed by atoms with Gasteiger partial charge in [0.15, 0.2) is 5.17 Å². The first-order valence-electron chi connectivity index (χ1n) is 8.28. The fourth-order valence-electron chi connectivity index (χ4n) is 3.22. The molecule has 1 atom stereocenters. The number of nitrogens with zero attached hydrogens (tertiary/aromatic N) is 1. The molecule has 1 aliphatic rings. The van der Waals surface area contributed by atoms with Gasteiger partial charge in [-0.25, -0.2) is 4.39 Å². The second kappa shape index (κ2) is 7.39. The number of hydrogen-bond donors (Lipinski definition) is 1. The van der Waals surface area contributed by atoms with Crippen molar-refractivity contribution < 1.29 is 4.39 Å². The lowest BCUT2D eigenvalue weighted by molar-refractivity contribution is 0.604. The van der Waals surface area contributed by atoms with Gasteiger partial charge < -0.3 is 5.32 Å². The van der Waals surface area contributed by atoms with Crippen LogP contribution in [0.5, 0.6) is 0 Å². The fraction of sp³-hybridized carbons (Fsp3) is 0.350. The van der Waals surface area contributed by atoms with E-state index in [0.29, 0.717) is 0 Å². The zero-order valence-corrected chi connectivity index (χ0v) is 15.2. The third kappa shape index (κ3) is 4.18. The maximum absolute atomic E-state index is 13.8. The van der Waals surface area contributed by atoms with E-state index in [2.05, 4.69) is 42.4 Å². The highest BCUT2D eigenvalue weighted by Gasteiger charge is 2.19. The first-order chi connectivity index (χ1) is 11.5. The van der Waals surface area contributed by atoms with Gasteiger partial charge >= 0.3 is 0 Å². The Kier molecular flexibility index (Phi) is 5.24. The van der Waals surface area contributed by atoms with Gasteiger partial charge in [-0.15, -0.1) is 0 Å². The summed E-state index contributed by atoms with van der Waals surface area (Å²) < 4.78 is 13.8. The molecule has 0 aliphatic carbocycles. The zero-order valence-electron chi connectivity index (χ0n) is 14.4. The van der Waals surface area contributed by atoms with Crippen molar-refractivity contribution in [1.82, 2.24) is 5.32 Å². The molecule has 1 N–H and O–H groups in total. The topological polar surface area (TPSA) is 24.4 Å². The minimum absolute atomic E-state index is 0.0197. The van der Waals surface area contributed by atoms with Gasteiger partial charge in [-0.2, -0.15) is 0 Å². The molecule has 0 fully saturated rings. The lowest BCUT2D eigenvalue weighted by Crippen LogP contribution is -2.28. The van der Waals surface area contributed by atoms with Crippen molar-refractivity contribution in [2.24, 2.45) is 4.99 Å². The van der Waals surface area contributed by atoms with Crippen molar-refractivity contribution in [3.8, 4) is 0 Å². The maximum Gasteiger partial charge on any atom is 0.157 e. The molecular weight excluding hydrogens is 319 g/mol. The Morgan fingerprint density at radius 2 is 1.88 bits per heavy atom. The van der Waals surface area contributed by atoms with Crippen LogP contribution in [0.25, 0.3) is 0 Å². The van der Waals surface area contributed by atoms with Crippen molar-refractivity contribution in [2.75, 3.05) is 12.3 Å². The molecule has 2 nitrogen and oxygen atoms in total. The first-order valence-corrected chi connectivity index (χ1v) is 9.27. The van der Waals surface area contributed by atoms with Gasteiger partial charge in [0, 0.05) is 5.75 Å². The minimum atomic E-state index is -0.191. The predicted octanol–water partition coefficient (Wildman–Crippen LogP) is 4.73. The highest BCUT2D eigenvalue weighted by Crippen LogP contribution is 2.26. The highest BCUT2D eigenvalue weighted by atomic mass is 32.2. The lowest BCUT2D eigenvalue weighted by Gasteiger charge is -2.22. The first kappa shape index (κ1) is 17.0. The summed E-state index contributed by atoms with van der Waals surface area (Å²) >= 11 is 1.74. The predicted molar refractivity (Wildman–Crippen MR) is 101 cm³/mol. The van der Waals surface area contributed by atoms with Crippen molar-refractivity contribution in [2.45, 2.75) is 33.2 Å². The summed E-state index contributed by atoms with van der Waals surface area (Å²) in [5.74, 6) is 0.824. The van der Waals surface area contributed by atoms with Crippen LogP contribution in [0.1, 0.15) is 33.9 Å². The molecule has 2 aromatic rings. The average molecular weight is 342 g/mol.